The zero-order chi connectivity index (χ0) is 7.90. The molecule has 0 bridgehead atoms. The second kappa shape index (κ2) is 2.62. The van der Waals surface area contributed by atoms with Crippen LogP contribution in [0.3, 0.4) is 0 Å². The minimum Gasteiger partial charge on any atom is -0.616 e. The van der Waals surface area contributed by atoms with E-state index < -0.39 is 11.2 Å². The summed E-state index contributed by atoms with van der Waals surface area (Å²) in [6.07, 6.45) is 0. The number of hydrogen-bond acceptors (Lipinski definition) is 3. The summed E-state index contributed by atoms with van der Waals surface area (Å²) in [6.45, 7) is 2.76. The van der Waals surface area contributed by atoms with Crippen molar-refractivity contribution in [2.75, 3.05) is 38.2 Å². The molecule has 0 N–H and O–H groups in total. The number of likely N-dealkylation sites (N-methyl/N-ethyl adjacent to an activating group) is 1. The normalized spacial score (nSPS) is 45.8. The van der Waals surface area contributed by atoms with Gasteiger partial charge in [-0.3, -0.25) is 0 Å². The van der Waals surface area contributed by atoms with Gasteiger partial charge in [0.1, 0.15) is 11.5 Å². The van der Waals surface area contributed by atoms with E-state index in [0.717, 1.165) is 31.2 Å². The van der Waals surface area contributed by atoms with Gasteiger partial charge in [-0.25, -0.2) is 0 Å². The summed E-state index contributed by atoms with van der Waals surface area (Å²) in [6, 6.07) is 0. The van der Waals surface area contributed by atoms with E-state index in [1.54, 1.807) is 0 Å². The lowest BCUT2D eigenvalue weighted by Gasteiger charge is -2.46. The molecule has 0 aromatic heterocycles. The van der Waals surface area contributed by atoms with Crippen molar-refractivity contribution >= 4 is 11.2 Å². The van der Waals surface area contributed by atoms with Crippen LogP contribution in [0.25, 0.3) is 0 Å². The molecule has 2 aliphatic heterocycles. The fourth-order valence-electron chi connectivity index (χ4n) is 1.75. The maximum atomic E-state index is 10.9. The van der Waals surface area contributed by atoms with E-state index >= 15 is 0 Å². The van der Waals surface area contributed by atoms with Crippen molar-refractivity contribution in [1.29, 1.82) is 0 Å². The molecule has 0 atom stereocenters. The minimum absolute atomic E-state index is 0.0299. The van der Waals surface area contributed by atoms with Crippen molar-refractivity contribution in [3.05, 3.63) is 0 Å². The molecule has 0 aromatic rings. The smallest absolute Gasteiger partial charge is 0.169 e. The molecule has 0 saturated carbocycles. The van der Waals surface area contributed by atoms with Crippen molar-refractivity contribution in [3.8, 4) is 0 Å². The molecule has 3 nitrogen and oxygen atoms in total. The average Bonchev–Trinajstić information content (AvgIpc) is 1.84. The maximum absolute atomic E-state index is 10.9. The summed E-state index contributed by atoms with van der Waals surface area (Å²) in [5.74, 6) is 1.49. The molecule has 2 rings (SSSR count). The topological polar surface area (TPSA) is 35.5 Å². The second-order valence-electron chi connectivity index (χ2n) is 3.50. The Labute approximate surface area is 69.9 Å². The highest BCUT2D eigenvalue weighted by Gasteiger charge is 2.51. The lowest BCUT2D eigenvalue weighted by atomic mass is 10.1. The zero-order valence-electron chi connectivity index (χ0n) is 6.71. The Morgan fingerprint density at radius 2 is 2.27 bits per heavy atom. The fourth-order valence-corrected chi connectivity index (χ4v) is 3.19. The van der Waals surface area contributed by atoms with Gasteiger partial charge in [0.2, 0.25) is 0 Å². The van der Waals surface area contributed by atoms with Crippen LogP contribution in [0.1, 0.15) is 0 Å². The Morgan fingerprint density at radius 3 is 2.82 bits per heavy atom. The van der Waals surface area contributed by atoms with Gasteiger partial charge < -0.3 is 14.2 Å². The van der Waals surface area contributed by atoms with Crippen LogP contribution in [-0.4, -0.2) is 53.3 Å². The third-order valence-corrected chi connectivity index (χ3v) is 3.98. The molecule has 2 fully saturated rings. The average molecular weight is 175 g/mol. The fraction of sp³-hybridized carbons (Fsp3) is 1.00. The highest BCUT2D eigenvalue weighted by atomic mass is 32.2. The third kappa shape index (κ3) is 1.40. The standard InChI is InChI=1S/C7H13NO2S/c1-8-2-3-10-7(4-8)5-11(9)6-7/h2-6H2,1H3. The summed E-state index contributed by atoms with van der Waals surface area (Å²) < 4.78 is 16.5. The van der Waals surface area contributed by atoms with Gasteiger partial charge in [-0.15, -0.1) is 0 Å². The molecule has 0 amide bonds. The van der Waals surface area contributed by atoms with Gasteiger partial charge in [0.15, 0.2) is 5.60 Å². The Morgan fingerprint density at radius 1 is 1.55 bits per heavy atom. The summed E-state index contributed by atoms with van der Waals surface area (Å²) >= 11 is -0.595. The largest absolute Gasteiger partial charge is 0.616 e. The zero-order valence-corrected chi connectivity index (χ0v) is 7.52. The van der Waals surface area contributed by atoms with Crippen LogP contribution in [0.15, 0.2) is 0 Å². The molecular weight excluding hydrogens is 162 g/mol. The summed E-state index contributed by atoms with van der Waals surface area (Å²) in [7, 11) is 2.09. The van der Waals surface area contributed by atoms with E-state index in [2.05, 4.69) is 11.9 Å². The Hall–Kier alpha value is 0.230. The van der Waals surface area contributed by atoms with Crippen LogP contribution < -0.4 is 0 Å². The van der Waals surface area contributed by atoms with Crippen LogP contribution in [-0.2, 0) is 15.9 Å². The van der Waals surface area contributed by atoms with E-state index in [9.17, 15) is 4.55 Å². The first kappa shape index (κ1) is 7.86. The quantitative estimate of drug-likeness (QED) is 0.463. The lowest BCUT2D eigenvalue weighted by molar-refractivity contribution is -0.0831. The van der Waals surface area contributed by atoms with Crippen molar-refractivity contribution in [2.45, 2.75) is 5.60 Å². The van der Waals surface area contributed by atoms with Crippen LogP contribution in [0.4, 0.5) is 0 Å². The lowest BCUT2D eigenvalue weighted by Crippen LogP contribution is -2.65. The van der Waals surface area contributed by atoms with Crippen molar-refractivity contribution in [1.82, 2.24) is 4.90 Å². The first-order valence-electron chi connectivity index (χ1n) is 3.88. The number of nitrogens with zero attached hydrogens (tertiary/aromatic N) is 1. The first-order valence-corrected chi connectivity index (χ1v) is 5.37. The summed E-state index contributed by atoms with van der Waals surface area (Å²) in [4.78, 5) is 2.25. The Bertz CT molecular complexity index is 153. The van der Waals surface area contributed by atoms with Crippen LogP contribution in [0.2, 0.25) is 0 Å². The molecule has 4 heteroatoms. The van der Waals surface area contributed by atoms with E-state index in [1.165, 1.54) is 0 Å². The Balaban J connectivity index is 1.93. The Kier molecular flexibility index (Phi) is 1.87. The molecular formula is C7H13NO2S. The molecule has 11 heavy (non-hydrogen) atoms. The third-order valence-electron chi connectivity index (χ3n) is 2.29. The summed E-state index contributed by atoms with van der Waals surface area (Å²) in [5.41, 5.74) is -0.0299. The molecule has 0 aromatic carbocycles. The van der Waals surface area contributed by atoms with E-state index in [0.29, 0.717) is 0 Å². The molecule has 2 aliphatic rings. The molecule has 64 valence electrons. The van der Waals surface area contributed by atoms with Crippen LogP contribution >= 0.6 is 0 Å². The molecule has 0 aliphatic carbocycles. The van der Waals surface area contributed by atoms with Crippen LogP contribution in [0.5, 0.6) is 0 Å². The predicted octanol–water partition coefficient (Wildman–Crippen LogP) is -0.551. The van der Waals surface area contributed by atoms with E-state index in [-0.39, 0.29) is 5.60 Å². The number of rotatable bonds is 0. The highest BCUT2D eigenvalue weighted by Crippen LogP contribution is 2.30. The molecule has 1 spiro atoms. The number of hydrogen-bond donors (Lipinski definition) is 0. The van der Waals surface area contributed by atoms with Gasteiger partial charge in [0, 0.05) is 13.1 Å². The first-order chi connectivity index (χ1) is 5.20. The maximum Gasteiger partial charge on any atom is 0.169 e. The molecule has 2 saturated heterocycles. The van der Waals surface area contributed by atoms with E-state index in [4.69, 9.17) is 4.74 Å². The monoisotopic (exact) mass is 175 g/mol. The minimum atomic E-state index is -0.595. The second-order valence-corrected chi connectivity index (χ2v) is 4.95. The number of morpholine rings is 1. The van der Waals surface area contributed by atoms with Crippen molar-refractivity contribution in [2.24, 2.45) is 0 Å². The SMILES string of the molecule is CN1CCOC2(C1)C[S+]([O-])C2. The van der Waals surface area contributed by atoms with Crippen molar-refractivity contribution < 1.29 is 9.29 Å². The highest BCUT2D eigenvalue weighted by molar-refractivity contribution is 7.93. The molecule has 0 radical (unpaired) electrons. The number of ether oxygens (including phenoxy) is 1. The van der Waals surface area contributed by atoms with Gasteiger partial charge in [-0.2, -0.15) is 0 Å². The van der Waals surface area contributed by atoms with Gasteiger partial charge in [-0.1, -0.05) is 0 Å². The van der Waals surface area contributed by atoms with Gasteiger partial charge in [-0.05, 0) is 18.2 Å². The summed E-state index contributed by atoms with van der Waals surface area (Å²) in [5, 5.41) is 0. The molecule has 0 unspecified atom stereocenters. The van der Waals surface area contributed by atoms with Crippen LogP contribution in [0, 0.1) is 0 Å². The van der Waals surface area contributed by atoms with E-state index in [1.807, 2.05) is 0 Å². The van der Waals surface area contributed by atoms with Gasteiger partial charge in [0.25, 0.3) is 0 Å². The predicted molar refractivity (Wildman–Crippen MR) is 44.1 cm³/mol. The molecule has 2 heterocycles. The van der Waals surface area contributed by atoms with Gasteiger partial charge in [0.05, 0.1) is 6.61 Å². The van der Waals surface area contributed by atoms with Gasteiger partial charge >= 0.3 is 0 Å². The van der Waals surface area contributed by atoms with Crippen molar-refractivity contribution in [3.63, 3.8) is 0 Å².